The molecule has 5 heteroatoms. The molecule has 0 aromatic rings. The Morgan fingerprint density at radius 2 is 1.88 bits per heavy atom. The normalized spacial score (nSPS) is 42.8. The summed E-state index contributed by atoms with van der Waals surface area (Å²) in [4.78, 5) is 2.36. The van der Waals surface area contributed by atoms with Gasteiger partial charge in [-0.3, -0.25) is 4.90 Å². The van der Waals surface area contributed by atoms with Crippen molar-refractivity contribution in [3.63, 3.8) is 0 Å². The molecular formula is C12H24N2O2S. The SMILES string of the molecule is CC1CC(C)CN(C2(CN)CCS(=O)(=O)C2)C1. The topological polar surface area (TPSA) is 63.4 Å². The maximum Gasteiger partial charge on any atom is 0.152 e. The van der Waals surface area contributed by atoms with Crippen LogP contribution in [0.5, 0.6) is 0 Å². The van der Waals surface area contributed by atoms with Crippen LogP contribution in [-0.2, 0) is 9.84 Å². The first kappa shape index (κ1) is 13.3. The van der Waals surface area contributed by atoms with Gasteiger partial charge in [-0.05, 0) is 24.7 Å². The van der Waals surface area contributed by atoms with Gasteiger partial charge in [0.05, 0.1) is 11.5 Å². The maximum absolute atomic E-state index is 11.7. The lowest BCUT2D eigenvalue weighted by molar-refractivity contribution is 0.0441. The standard InChI is InChI=1S/C12H24N2O2S/c1-10-5-11(2)7-14(6-10)12(8-13)3-4-17(15,16)9-12/h10-11H,3-9,13H2,1-2H3. The zero-order chi connectivity index (χ0) is 12.7. The first-order valence-corrected chi connectivity index (χ1v) is 8.34. The maximum atomic E-state index is 11.7. The molecule has 17 heavy (non-hydrogen) atoms. The van der Waals surface area contributed by atoms with Gasteiger partial charge in [0.2, 0.25) is 0 Å². The fourth-order valence-electron chi connectivity index (χ4n) is 3.49. The first-order valence-electron chi connectivity index (χ1n) is 6.52. The van der Waals surface area contributed by atoms with E-state index in [9.17, 15) is 8.42 Å². The number of likely N-dealkylation sites (tertiary alicyclic amines) is 1. The van der Waals surface area contributed by atoms with Gasteiger partial charge >= 0.3 is 0 Å². The van der Waals surface area contributed by atoms with Crippen LogP contribution < -0.4 is 5.73 Å². The second-order valence-corrected chi connectivity index (χ2v) is 8.31. The summed E-state index contributed by atoms with van der Waals surface area (Å²) < 4.78 is 23.5. The number of hydrogen-bond acceptors (Lipinski definition) is 4. The third-order valence-corrected chi connectivity index (χ3v) is 6.09. The molecule has 2 fully saturated rings. The number of hydrogen-bond donors (Lipinski definition) is 1. The Morgan fingerprint density at radius 3 is 2.29 bits per heavy atom. The van der Waals surface area contributed by atoms with Gasteiger partial charge < -0.3 is 5.73 Å². The van der Waals surface area contributed by atoms with Crippen molar-refractivity contribution in [2.45, 2.75) is 32.2 Å². The number of nitrogens with two attached hydrogens (primary N) is 1. The molecule has 2 aliphatic heterocycles. The van der Waals surface area contributed by atoms with Crippen LogP contribution in [0, 0.1) is 11.8 Å². The molecule has 0 saturated carbocycles. The number of rotatable bonds is 2. The van der Waals surface area contributed by atoms with Crippen LogP contribution in [0.2, 0.25) is 0 Å². The van der Waals surface area contributed by atoms with Crippen molar-refractivity contribution in [2.24, 2.45) is 17.6 Å². The van der Waals surface area contributed by atoms with E-state index >= 15 is 0 Å². The Kier molecular flexibility index (Phi) is 3.54. The van der Waals surface area contributed by atoms with Gasteiger partial charge in [0.25, 0.3) is 0 Å². The van der Waals surface area contributed by atoms with Gasteiger partial charge in [0, 0.05) is 25.2 Å². The molecule has 2 N–H and O–H groups in total. The van der Waals surface area contributed by atoms with Gasteiger partial charge in [-0.1, -0.05) is 13.8 Å². The van der Waals surface area contributed by atoms with E-state index in [1.54, 1.807) is 0 Å². The van der Waals surface area contributed by atoms with Crippen LogP contribution in [0.1, 0.15) is 26.7 Å². The summed E-state index contributed by atoms with van der Waals surface area (Å²) in [7, 11) is -2.87. The molecule has 2 saturated heterocycles. The van der Waals surface area contributed by atoms with Crippen molar-refractivity contribution in [3.05, 3.63) is 0 Å². The quantitative estimate of drug-likeness (QED) is 0.784. The van der Waals surface area contributed by atoms with Crippen LogP contribution >= 0.6 is 0 Å². The molecule has 2 heterocycles. The fourth-order valence-corrected chi connectivity index (χ4v) is 5.59. The Balaban J connectivity index is 2.18. The molecule has 0 aromatic carbocycles. The van der Waals surface area contributed by atoms with Gasteiger partial charge in [-0.2, -0.15) is 0 Å². The lowest BCUT2D eigenvalue weighted by atomic mass is 9.86. The monoisotopic (exact) mass is 260 g/mol. The van der Waals surface area contributed by atoms with E-state index in [4.69, 9.17) is 5.73 Å². The summed E-state index contributed by atoms with van der Waals surface area (Å²) in [5.74, 6) is 1.86. The van der Waals surface area contributed by atoms with Crippen LogP contribution in [0.15, 0.2) is 0 Å². The average Bonchev–Trinajstić information content (AvgIpc) is 2.54. The molecule has 0 aliphatic carbocycles. The van der Waals surface area contributed by atoms with Gasteiger partial charge in [0.15, 0.2) is 9.84 Å². The van der Waals surface area contributed by atoms with Gasteiger partial charge in [-0.15, -0.1) is 0 Å². The molecule has 2 rings (SSSR count). The minimum Gasteiger partial charge on any atom is -0.329 e. The minimum atomic E-state index is -2.87. The molecule has 2 aliphatic rings. The summed E-state index contributed by atoms with van der Waals surface area (Å²) in [6.07, 6.45) is 1.95. The summed E-state index contributed by atoms with van der Waals surface area (Å²) in [5, 5.41) is 0. The van der Waals surface area contributed by atoms with Crippen LogP contribution in [0.3, 0.4) is 0 Å². The van der Waals surface area contributed by atoms with E-state index in [0.29, 0.717) is 30.6 Å². The molecule has 0 aromatic heterocycles. The highest BCUT2D eigenvalue weighted by Gasteiger charge is 2.46. The number of sulfone groups is 1. The van der Waals surface area contributed by atoms with Crippen molar-refractivity contribution >= 4 is 9.84 Å². The Morgan fingerprint density at radius 1 is 1.29 bits per heavy atom. The number of piperidine rings is 1. The number of nitrogens with zero attached hydrogens (tertiary/aromatic N) is 1. The van der Waals surface area contributed by atoms with Crippen molar-refractivity contribution in [2.75, 3.05) is 31.1 Å². The second kappa shape index (κ2) is 4.52. The van der Waals surface area contributed by atoms with Gasteiger partial charge in [0.1, 0.15) is 0 Å². The molecule has 100 valence electrons. The van der Waals surface area contributed by atoms with E-state index < -0.39 is 9.84 Å². The van der Waals surface area contributed by atoms with Crippen molar-refractivity contribution < 1.29 is 8.42 Å². The molecule has 3 unspecified atom stereocenters. The molecule has 0 bridgehead atoms. The summed E-state index contributed by atoms with van der Waals surface area (Å²) in [6, 6.07) is 0. The highest BCUT2D eigenvalue weighted by molar-refractivity contribution is 7.91. The zero-order valence-corrected chi connectivity index (χ0v) is 11.7. The van der Waals surface area contributed by atoms with Gasteiger partial charge in [-0.25, -0.2) is 8.42 Å². The van der Waals surface area contributed by atoms with Crippen LogP contribution in [-0.4, -0.2) is 50.0 Å². The van der Waals surface area contributed by atoms with E-state index in [1.165, 1.54) is 6.42 Å². The predicted octanol–water partition coefficient (Wildman–Crippen LogP) is 0.480. The van der Waals surface area contributed by atoms with E-state index in [1.807, 2.05) is 0 Å². The third kappa shape index (κ3) is 2.66. The summed E-state index contributed by atoms with van der Waals surface area (Å²) >= 11 is 0. The molecule has 4 nitrogen and oxygen atoms in total. The zero-order valence-electron chi connectivity index (χ0n) is 10.9. The second-order valence-electron chi connectivity index (χ2n) is 6.12. The lowest BCUT2D eigenvalue weighted by Gasteiger charge is -2.46. The third-order valence-electron chi connectivity index (χ3n) is 4.29. The smallest absolute Gasteiger partial charge is 0.152 e. The van der Waals surface area contributed by atoms with Crippen molar-refractivity contribution in [3.8, 4) is 0 Å². The Hall–Kier alpha value is -0.130. The van der Waals surface area contributed by atoms with Crippen molar-refractivity contribution in [1.29, 1.82) is 0 Å². The van der Waals surface area contributed by atoms with Crippen LogP contribution in [0.25, 0.3) is 0 Å². The van der Waals surface area contributed by atoms with Crippen LogP contribution in [0.4, 0.5) is 0 Å². The Bertz CT molecular complexity index is 372. The van der Waals surface area contributed by atoms with E-state index in [-0.39, 0.29) is 11.3 Å². The van der Waals surface area contributed by atoms with E-state index in [0.717, 1.165) is 13.1 Å². The first-order chi connectivity index (χ1) is 7.87. The highest BCUT2D eigenvalue weighted by Crippen LogP contribution is 2.34. The predicted molar refractivity (Wildman–Crippen MR) is 69.6 cm³/mol. The Labute approximate surface area is 104 Å². The van der Waals surface area contributed by atoms with Crippen molar-refractivity contribution in [1.82, 2.24) is 4.90 Å². The minimum absolute atomic E-state index is 0.260. The summed E-state index contributed by atoms with van der Waals surface area (Å²) in [6.45, 7) is 6.95. The average molecular weight is 260 g/mol. The molecule has 0 spiro atoms. The lowest BCUT2D eigenvalue weighted by Crippen LogP contribution is -2.59. The molecule has 3 atom stereocenters. The molecule has 0 radical (unpaired) electrons. The molecular weight excluding hydrogens is 236 g/mol. The molecule has 0 amide bonds. The van der Waals surface area contributed by atoms with E-state index in [2.05, 4.69) is 18.7 Å². The largest absolute Gasteiger partial charge is 0.329 e. The highest BCUT2D eigenvalue weighted by atomic mass is 32.2. The summed E-state index contributed by atoms with van der Waals surface area (Å²) in [5.41, 5.74) is 5.63. The fraction of sp³-hybridized carbons (Fsp3) is 1.00.